The first-order chi connectivity index (χ1) is 13.9. The fraction of sp³-hybridized carbons (Fsp3) is 0.318. The van der Waals surface area contributed by atoms with Crippen LogP contribution in [0.25, 0.3) is 0 Å². The van der Waals surface area contributed by atoms with Gasteiger partial charge in [0.2, 0.25) is 5.78 Å². The van der Waals surface area contributed by atoms with Crippen LogP contribution in [0.4, 0.5) is 0 Å². The third-order valence-electron chi connectivity index (χ3n) is 4.30. The van der Waals surface area contributed by atoms with Gasteiger partial charge in [-0.05, 0) is 30.2 Å². The number of esters is 1. The Morgan fingerprint density at radius 3 is 2.24 bits per heavy atom. The molecule has 0 radical (unpaired) electrons. The summed E-state index contributed by atoms with van der Waals surface area (Å²) in [6.45, 7) is 3.10. The van der Waals surface area contributed by atoms with Gasteiger partial charge in [0.25, 0.3) is 5.91 Å². The summed E-state index contributed by atoms with van der Waals surface area (Å²) in [7, 11) is 2.94. The molecule has 0 aliphatic heterocycles. The van der Waals surface area contributed by atoms with Crippen LogP contribution in [0.2, 0.25) is 0 Å². The Bertz CT molecular complexity index is 863. The van der Waals surface area contributed by atoms with E-state index in [1.165, 1.54) is 14.2 Å². The van der Waals surface area contributed by atoms with E-state index in [0.29, 0.717) is 17.1 Å². The number of carbonyl (C=O) groups excluding carboxylic acids is 3. The zero-order chi connectivity index (χ0) is 21.4. The summed E-state index contributed by atoms with van der Waals surface area (Å²) < 4.78 is 15.5. The summed E-state index contributed by atoms with van der Waals surface area (Å²) in [6, 6.07) is 12.4. The summed E-state index contributed by atoms with van der Waals surface area (Å²) in [5, 5.41) is 2.67. The predicted molar refractivity (Wildman–Crippen MR) is 107 cm³/mol. The molecule has 0 heterocycles. The third kappa shape index (κ3) is 5.81. The maximum Gasteiger partial charge on any atom is 0.329 e. The normalized spacial score (nSPS) is 11.5. The van der Waals surface area contributed by atoms with Crippen LogP contribution in [0.1, 0.15) is 34.6 Å². The van der Waals surface area contributed by atoms with Gasteiger partial charge < -0.3 is 19.5 Å². The maximum atomic E-state index is 12.5. The number of nitrogens with one attached hydrogen (secondary N) is 1. The minimum Gasteiger partial charge on any atom is -0.497 e. The molecule has 0 fully saturated rings. The first-order valence-corrected chi connectivity index (χ1v) is 9.15. The summed E-state index contributed by atoms with van der Waals surface area (Å²) in [5.41, 5.74) is 0.709. The van der Waals surface area contributed by atoms with Gasteiger partial charge in [-0.2, -0.15) is 0 Å². The van der Waals surface area contributed by atoms with Crippen molar-refractivity contribution in [3.05, 3.63) is 59.7 Å². The maximum absolute atomic E-state index is 12.5. The van der Waals surface area contributed by atoms with Gasteiger partial charge in [0.05, 0.1) is 19.8 Å². The molecule has 29 heavy (non-hydrogen) atoms. The van der Waals surface area contributed by atoms with E-state index in [-0.39, 0.29) is 17.4 Å². The molecule has 1 atom stereocenters. The summed E-state index contributed by atoms with van der Waals surface area (Å²) in [6.07, 6.45) is 0. The molecule has 2 aromatic carbocycles. The van der Waals surface area contributed by atoms with Gasteiger partial charge >= 0.3 is 5.97 Å². The van der Waals surface area contributed by atoms with Crippen molar-refractivity contribution in [2.24, 2.45) is 5.92 Å². The number of ketones is 1. The van der Waals surface area contributed by atoms with E-state index in [9.17, 15) is 14.4 Å². The lowest BCUT2D eigenvalue weighted by atomic mass is 10.0. The Morgan fingerprint density at radius 1 is 0.966 bits per heavy atom. The van der Waals surface area contributed by atoms with Crippen molar-refractivity contribution in [1.29, 1.82) is 0 Å². The predicted octanol–water partition coefficient (Wildman–Crippen LogP) is 2.88. The number of methoxy groups -OCH3 is 2. The highest BCUT2D eigenvalue weighted by atomic mass is 16.5. The average Bonchev–Trinajstić information content (AvgIpc) is 2.75. The largest absolute Gasteiger partial charge is 0.497 e. The van der Waals surface area contributed by atoms with E-state index in [1.807, 2.05) is 0 Å². The number of amides is 1. The molecule has 1 N–H and O–H groups in total. The van der Waals surface area contributed by atoms with Gasteiger partial charge in [-0.25, -0.2) is 4.79 Å². The van der Waals surface area contributed by atoms with Gasteiger partial charge in [-0.3, -0.25) is 9.59 Å². The lowest BCUT2D eigenvalue weighted by Gasteiger charge is -2.21. The standard InChI is InChI=1S/C22H25NO6/c1-14(2)20(23-21(25)15-8-6-5-7-9-15)22(26)29-13-18(24)17-11-10-16(27-3)12-19(17)28-4/h5-12,14,20H,13H2,1-4H3,(H,23,25)/t20-/m1/s1. The first kappa shape index (κ1) is 21.9. The van der Waals surface area contributed by atoms with E-state index in [4.69, 9.17) is 14.2 Å². The van der Waals surface area contributed by atoms with Gasteiger partial charge in [-0.15, -0.1) is 0 Å². The molecule has 0 saturated heterocycles. The smallest absolute Gasteiger partial charge is 0.329 e. The van der Waals surface area contributed by atoms with Crippen LogP contribution in [0.5, 0.6) is 11.5 Å². The van der Waals surface area contributed by atoms with E-state index >= 15 is 0 Å². The van der Waals surface area contributed by atoms with Crippen molar-refractivity contribution in [3.63, 3.8) is 0 Å². The second-order valence-corrected chi connectivity index (χ2v) is 6.66. The summed E-state index contributed by atoms with van der Waals surface area (Å²) in [4.78, 5) is 37.3. The van der Waals surface area contributed by atoms with Crippen molar-refractivity contribution >= 4 is 17.7 Å². The number of hydrogen-bond donors (Lipinski definition) is 1. The molecule has 7 nitrogen and oxygen atoms in total. The molecule has 2 aromatic rings. The van der Waals surface area contributed by atoms with Crippen LogP contribution < -0.4 is 14.8 Å². The van der Waals surface area contributed by atoms with Crippen molar-refractivity contribution < 1.29 is 28.6 Å². The molecule has 0 saturated carbocycles. The molecule has 2 rings (SSSR count). The van der Waals surface area contributed by atoms with Crippen LogP contribution >= 0.6 is 0 Å². The van der Waals surface area contributed by atoms with Crippen LogP contribution in [0.15, 0.2) is 48.5 Å². The minimum atomic E-state index is -0.881. The average molecular weight is 399 g/mol. The number of Topliss-reactive ketones (excluding diaryl/α,β-unsaturated/α-hetero) is 1. The number of rotatable bonds is 9. The fourth-order valence-corrected chi connectivity index (χ4v) is 2.64. The molecule has 0 spiro atoms. The highest BCUT2D eigenvalue weighted by molar-refractivity contribution is 6.01. The van der Waals surface area contributed by atoms with Crippen LogP contribution in [0.3, 0.4) is 0 Å². The van der Waals surface area contributed by atoms with Gasteiger partial charge in [-0.1, -0.05) is 32.0 Å². The Kier molecular flexibility index (Phi) is 7.77. The van der Waals surface area contributed by atoms with Crippen molar-refractivity contribution in [3.8, 4) is 11.5 Å². The van der Waals surface area contributed by atoms with Gasteiger partial charge in [0, 0.05) is 11.6 Å². The van der Waals surface area contributed by atoms with Crippen molar-refractivity contribution in [1.82, 2.24) is 5.32 Å². The monoisotopic (exact) mass is 399 g/mol. The molecule has 1 amide bonds. The van der Waals surface area contributed by atoms with E-state index in [2.05, 4.69) is 5.32 Å². The quantitative estimate of drug-likeness (QED) is 0.515. The molecule has 0 aliphatic rings. The summed E-state index contributed by atoms with van der Waals surface area (Å²) >= 11 is 0. The van der Waals surface area contributed by atoms with Crippen molar-refractivity contribution in [2.75, 3.05) is 20.8 Å². The summed E-state index contributed by atoms with van der Waals surface area (Å²) in [5.74, 6) is -0.841. The molecule has 0 aromatic heterocycles. The highest BCUT2D eigenvalue weighted by Gasteiger charge is 2.27. The minimum absolute atomic E-state index is 0.221. The van der Waals surface area contributed by atoms with E-state index in [1.54, 1.807) is 62.4 Å². The number of hydrogen-bond acceptors (Lipinski definition) is 6. The molecular formula is C22H25NO6. The molecule has 7 heteroatoms. The third-order valence-corrected chi connectivity index (χ3v) is 4.30. The molecular weight excluding hydrogens is 374 g/mol. The lowest BCUT2D eigenvalue weighted by Crippen LogP contribution is -2.45. The zero-order valence-electron chi connectivity index (χ0n) is 16.9. The molecule has 0 aliphatic carbocycles. The second kappa shape index (κ2) is 10.3. The second-order valence-electron chi connectivity index (χ2n) is 6.66. The van der Waals surface area contributed by atoms with Gasteiger partial charge in [0.1, 0.15) is 17.5 Å². The first-order valence-electron chi connectivity index (χ1n) is 9.15. The Hall–Kier alpha value is -3.35. The molecule has 0 bridgehead atoms. The number of ether oxygens (including phenoxy) is 3. The lowest BCUT2D eigenvalue weighted by molar-refractivity contribution is -0.145. The topological polar surface area (TPSA) is 90.9 Å². The molecule has 154 valence electrons. The van der Waals surface area contributed by atoms with E-state index in [0.717, 1.165) is 0 Å². The van der Waals surface area contributed by atoms with Crippen LogP contribution in [0, 0.1) is 5.92 Å². The number of benzene rings is 2. The van der Waals surface area contributed by atoms with E-state index < -0.39 is 24.4 Å². The Labute approximate surface area is 170 Å². The SMILES string of the molecule is COc1ccc(C(=O)COC(=O)[C@H](NC(=O)c2ccccc2)C(C)C)c(OC)c1. The Morgan fingerprint density at radius 2 is 1.66 bits per heavy atom. The fourth-order valence-electron chi connectivity index (χ4n) is 2.64. The van der Waals surface area contributed by atoms with Crippen LogP contribution in [-0.4, -0.2) is 44.5 Å². The zero-order valence-corrected chi connectivity index (χ0v) is 16.9. The number of carbonyl (C=O) groups is 3. The molecule has 0 unspecified atom stereocenters. The highest BCUT2D eigenvalue weighted by Crippen LogP contribution is 2.25. The van der Waals surface area contributed by atoms with Crippen molar-refractivity contribution in [2.45, 2.75) is 19.9 Å². The van der Waals surface area contributed by atoms with Crippen LogP contribution in [-0.2, 0) is 9.53 Å². The Balaban J connectivity index is 2.03. The van der Waals surface area contributed by atoms with Gasteiger partial charge in [0.15, 0.2) is 6.61 Å².